The molecule has 152 valence electrons. The van der Waals surface area contributed by atoms with Crippen LogP contribution in [-0.4, -0.2) is 63.2 Å². The minimum atomic E-state index is 0.556. The predicted octanol–water partition coefficient (Wildman–Crippen LogP) is 3.33. The molecular weight excluding hydrogens is 334 g/mol. The van der Waals surface area contributed by atoms with E-state index in [-0.39, 0.29) is 0 Å². The molecule has 2 rings (SSSR count). The quantitative estimate of drug-likeness (QED) is 0.375. The van der Waals surface area contributed by atoms with Gasteiger partial charge in [-0.25, -0.2) is 0 Å². The van der Waals surface area contributed by atoms with Crippen LogP contribution in [0.3, 0.4) is 0 Å². The van der Waals surface area contributed by atoms with E-state index in [0.717, 1.165) is 38.4 Å². The topological polar surface area (TPSA) is 42.9 Å². The number of para-hydroxylation sites is 1. The van der Waals surface area contributed by atoms with Gasteiger partial charge in [-0.15, -0.1) is 0 Å². The number of aliphatic imine (C=N–C) groups is 1. The number of rotatable bonds is 10. The molecule has 2 N–H and O–H groups in total. The normalized spacial score (nSPS) is 16.3. The maximum Gasteiger partial charge on any atom is 0.191 e. The van der Waals surface area contributed by atoms with Gasteiger partial charge < -0.3 is 20.4 Å². The van der Waals surface area contributed by atoms with Gasteiger partial charge in [0.1, 0.15) is 0 Å². The first-order chi connectivity index (χ1) is 13.2. The Morgan fingerprint density at radius 3 is 2.56 bits per heavy atom. The van der Waals surface area contributed by atoms with Crippen molar-refractivity contribution >= 4 is 11.6 Å². The van der Waals surface area contributed by atoms with Crippen molar-refractivity contribution in [2.45, 2.75) is 52.0 Å². The Morgan fingerprint density at radius 2 is 1.89 bits per heavy atom. The van der Waals surface area contributed by atoms with E-state index in [9.17, 15) is 0 Å². The van der Waals surface area contributed by atoms with Gasteiger partial charge in [0.15, 0.2) is 5.96 Å². The second-order valence-electron chi connectivity index (χ2n) is 7.49. The molecule has 0 saturated carbocycles. The maximum atomic E-state index is 4.79. The van der Waals surface area contributed by atoms with Crippen molar-refractivity contribution in [2.75, 3.05) is 51.2 Å². The molecule has 1 aliphatic heterocycles. The van der Waals surface area contributed by atoms with Crippen molar-refractivity contribution in [1.82, 2.24) is 15.5 Å². The summed E-state index contributed by atoms with van der Waals surface area (Å²) >= 11 is 0. The lowest BCUT2D eigenvalue weighted by Gasteiger charge is -2.32. The van der Waals surface area contributed by atoms with Crippen molar-refractivity contribution in [3.05, 3.63) is 30.3 Å². The van der Waals surface area contributed by atoms with Crippen molar-refractivity contribution in [3.63, 3.8) is 0 Å². The lowest BCUT2D eigenvalue weighted by molar-refractivity contribution is 0.206. The van der Waals surface area contributed by atoms with Gasteiger partial charge in [0.2, 0.25) is 0 Å². The number of anilines is 1. The van der Waals surface area contributed by atoms with Gasteiger partial charge in [-0.3, -0.25) is 4.99 Å². The van der Waals surface area contributed by atoms with E-state index in [1.54, 1.807) is 0 Å². The van der Waals surface area contributed by atoms with Gasteiger partial charge >= 0.3 is 0 Å². The van der Waals surface area contributed by atoms with Gasteiger partial charge in [-0.2, -0.15) is 0 Å². The van der Waals surface area contributed by atoms with E-state index in [1.807, 2.05) is 0 Å². The fraction of sp³-hybridized carbons (Fsp3) is 0.682. The third-order valence-electron chi connectivity index (χ3n) is 5.18. The van der Waals surface area contributed by atoms with E-state index in [0.29, 0.717) is 6.04 Å². The van der Waals surface area contributed by atoms with Gasteiger partial charge in [0, 0.05) is 51.5 Å². The standard InChI is InChI=1S/C22H39N5/c1-4-16-27-18-13-20(14-19-27)25-22(23-5-2)24-15-9-10-17-26(3)21-11-7-6-8-12-21/h6-8,11-12,20H,4-5,9-10,13-19H2,1-3H3,(H2,23,24,25). The molecule has 0 aliphatic carbocycles. The van der Waals surface area contributed by atoms with E-state index in [2.05, 4.69) is 71.7 Å². The molecule has 0 amide bonds. The summed E-state index contributed by atoms with van der Waals surface area (Å²) in [6.07, 6.45) is 5.95. The SMILES string of the molecule is CCCN1CCC(NC(=NCCCCN(C)c2ccccc2)NCC)CC1. The molecule has 0 radical (unpaired) electrons. The van der Waals surface area contributed by atoms with Crippen LogP contribution in [0.15, 0.2) is 35.3 Å². The number of unbranched alkanes of at least 4 members (excludes halogenated alkanes) is 1. The molecule has 0 spiro atoms. The highest BCUT2D eigenvalue weighted by Crippen LogP contribution is 2.12. The van der Waals surface area contributed by atoms with Gasteiger partial charge in [-0.05, 0) is 57.7 Å². The Hall–Kier alpha value is -1.75. The molecule has 5 nitrogen and oxygen atoms in total. The first-order valence-corrected chi connectivity index (χ1v) is 10.8. The van der Waals surface area contributed by atoms with Crippen LogP contribution in [0.25, 0.3) is 0 Å². The highest BCUT2D eigenvalue weighted by Gasteiger charge is 2.19. The average Bonchev–Trinajstić information content (AvgIpc) is 2.70. The number of benzene rings is 1. The van der Waals surface area contributed by atoms with Gasteiger partial charge in [-0.1, -0.05) is 25.1 Å². The molecule has 1 aromatic rings. The van der Waals surface area contributed by atoms with Crippen LogP contribution in [0.1, 0.15) is 46.0 Å². The van der Waals surface area contributed by atoms with Gasteiger partial charge in [0.25, 0.3) is 0 Å². The molecule has 0 bridgehead atoms. The molecule has 1 heterocycles. The Balaban J connectivity index is 1.67. The Bertz CT molecular complexity index is 523. The molecular formula is C22H39N5. The van der Waals surface area contributed by atoms with Crippen molar-refractivity contribution < 1.29 is 0 Å². The summed E-state index contributed by atoms with van der Waals surface area (Å²) in [6, 6.07) is 11.1. The van der Waals surface area contributed by atoms with Crippen molar-refractivity contribution in [1.29, 1.82) is 0 Å². The monoisotopic (exact) mass is 373 g/mol. The number of hydrogen-bond acceptors (Lipinski definition) is 3. The molecule has 1 aliphatic rings. The summed E-state index contributed by atoms with van der Waals surface area (Å²) in [6.45, 7) is 10.9. The zero-order valence-corrected chi connectivity index (χ0v) is 17.6. The molecule has 1 aromatic carbocycles. The number of piperidine rings is 1. The molecule has 27 heavy (non-hydrogen) atoms. The summed E-state index contributed by atoms with van der Waals surface area (Å²) in [5.74, 6) is 0.989. The summed E-state index contributed by atoms with van der Waals surface area (Å²) < 4.78 is 0. The Labute approximate surface area is 166 Å². The highest BCUT2D eigenvalue weighted by atomic mass is 15.2. The number of nitrogens with one attached hydrogen (secondary N) is 2. The van der Waals surface area contributed by atoms with Crippen LogP contribution >= 0.6 is 0 Å². The minimum absolute atomic E-state index is 0.556. The lowest BCUT2D eigenvalue weighted by Crippen LogP contribution is -2.48. The molecule has 5 heteroatoms. The number of nitrogens with zero attached hydrogens (tertiary/aromatic N) is 3. The van der Waals surface area contributed by atoms with Gasteiger partial charge in [0.05, 0.1) is 0 Å². The van der Waals surface area contributed by atoms with Crippen molar-refractivity contribution in [3.8, 4) is 0 Å². The molecule has 1 fully saturated rings. The highest BCUT2D eigenvalue weighted by molar-refractivity contribution is 5.80. The number of hydrogen-bond donors (Lipinski definition) is 2. The van der Waals surface area contributed by atoms with E-state index in [1.165, 1.54) is 44.6 Å². The fourth-order valence-corrected chi connectivity index (χ4v) is 3.59. The molecule has 0 unspecified atom stereocenters. The van der Waals surface area contributed by atoms with Crippen LogP contribution in [0.2, 0.25) is 0 Å². The Kier molecular flexibility index (Phi) is 10.1. The largest absolute Gasteiger partial charge is 0.375 e. The van der Waals surface area contributed by atoms with Crippen LogP contribution in [0.4, 0.5) is 5.69 Å². The first kappa shape index (κ1) is 21.5. The smallest absolute Gasteiger partial charge is 0.191 e. The van der Waals surface area contributed by atoms with Crippen LogP contribution in [0.5, 0.6) is 0 Å². The zero-order valence-electron chi connectivity index (χ0n) is 17.6. The first-order valence-electron chi connectivity index (χ1n) is 10.8. The van der Waals surface area contributed by atoms with Crippen LogP contribution in [-0.2, 0) is 0 Å². The number of likely N-dealkylation sites (tertiary alicyclic amines) is 1. The Morgan fingerprint density at radius 1 is 1.15 bits per heavy atom. The van der Waals surface area contributed by atoms with E-state index < -0.39 is 0 Å². The third-order valence-corrected chi connectivity index (χ3v) is 5.18. The second kappa shape index (κ2) is 12.6. The predicted molar refractivity (Wildman–Crippen MR) is 118 cm³/mol. The zero-order chi connectivity index (χ0) is 19.3. The average molecular weight is 374 g/mol. The summed E-state index contributed by atoms with van der Waals surface area (Å²) in [7, 11) is 2.16. The van der Waals surface area contributed by atoms with E-state index in [4.69, 9.17) is 4.99 Å². The molecule has 0 atom stereocenters. The minimum Gasteiger partial charge on any atom is -0.375 e. The van der Waals surface area contributed by atoms with Crippen LogP contribution in [0, 0.1) is 0 Å². The summed E-state index contributed by atoms with van der Waals surface area (Å²) in [5.41, 5.74) is 1.28. The second-order valence-corrected chi connectivity index (χ2v) is 7.49. The van der Waals surface area contributed by atoms with Crippen LogP contribution < -0.4 is 15.5 Å². The molecule has 0 aromatic heterocycles. The third kappa shape index (κ3) is 8.21. The summed E-state index contributed by atoms with van der Waals surface area (Å²) in [5, 5.41) is 7.05. The van der Waals surface area contributed by atoms with Crippen molar-refractivity contribution in [2.24, 2.45) is 4.99 Å². The maximum absolute atomic E-state index is 4.79. The fourth-order valence-electron chi connectivity index (χ4n) is 3.59. The summed E-state index contributed by atoms with van der Waals surface area (Å²) in [4.78, 5) is 9.69. The molecule has 1 saturated heterocycles. The van der Waals surface area contributed by atoms with E-state index >= 15 is 0 Å². The lowest BCUT2D eigenvalue weighted by atomic mass is 10.1. The number of guanidine groups is 1.